The number of imidazole rings is 1. The molecule has 0 fully saturated rings. The van der Waals surface area contributed by atoms with Gasteiger partial charge in [-0.25, -0.2) is 4.79 Å². The third-order valence-electron chi connectivity index (χ3n) is 7.05. The molecule has 1 aliphatic rings. The van der Waals surface area contributed by atoms with E-state index in [9.17, 15) is 14.4 Å². The van der Waals surface area contributed by atoms with E-state index in [0.717, 1.165) is 11.3 Å². The molecule has 1 atom stereocenters. The first-order valence-electron chi connectivity index (χ1n) is 13.0. The Labute approximate surface area is 235 Å². The molecule has 10 nitrogen and oxygen atoms in total. The van der Waals surface area contributed by atoms with Gasteiger partial charge in [0.15, 0.2) is 0 Å². The summed E-state index contributed by atoms with van der Waals surface area (Å²) in [4.78, 5) is 44.9. The van der Waals surface area contributed by atoms with Crippen LogP contribution >= 0.6 is 0 Å². The molecule has 41 heavy (non-hydrogen) atoms. The zero-order valence-electron chi connectivity index (χ0n) is 23.1. The van der Waals surface area contributed by atoms with Crippen molar-refractivity contribution in [2.45, 2.75) is 19.9 Å². The molecule has 0 spiro atoms. The van der Waals surface area contributed by atoms with Crippen molar-refractivity contribution in [3.63, 3.8) is 0 Å². The maximum Gasteiger partial charge on any atom is 0.335 e. The third kappa shape index (κ3) is 5.07. The number of allylic oxidation sites excluding steroid dienone is 1. The maximum absolute atomic E-state index is 14.0. The molecule has 4 aromatic rings. The van der Waals surface area contributed by atoms with Crippen LogP contribution in [0.15, 0.2) is 70.5 Å². The first-order chi connectivity index (χ1) is 19.7. The van der Waals surface area contributed by atoms with Crippen LogP contribution in [0.5, 0.6) is 11.5 Å². The molecule has 2 aromatic carbocycles. The topological polar surface area (TPSA) is 138 Å². The minimum absolute atomic E-state index is 0.200. The summed E-state index contributed by atoms with van der Waals surface area (Å²) >= 11 is 0. The Kier molecular flexibility index (Phi) is 7.39. The van der Waals surface area contributed by atoms with Gasteiger partial charge < -0.3 is 29.9 Å². The number of carbonyl (C=O) groups is 2. The van der Waals surface area contributed by atoms with Crippen molar-refractivity contribution in [3.05, 3.63) is 104 Å². The van der Waals surface area contributed by atoms with Gasteiger partial charge in [0.1, 0.15) is 22.3 Å². The standard InChI is InChI=1S/C31H30N4O6/c1-5-32-29(36)27-17(2)14-26-34-24(15-20-10-12-23(33-20)18-6-8-19(9-7-18)31(38)39)30(37)35(26)28(27)22-16-21(40-3)11-13-25(22)41-4/h6-16,28,33-34H,5H2,1-4H3,(H,32,36)(H,38,39). The lowest BCUT2D eigenvalue weighted by Gasteiger charge is -2.27. The van der Waals surface area contributed by atoms with Gasteiger partial charge in [0.25, 0.3) is 5.56 Å². The maximum atomic E-state index is 14.0. The summed E-state index contributed by atoms with van der Waals surface area (Å²) in [6.45, 7) is 4.11. The Bertz CT molecular complexity index is 1860. The first kappa shape index (κ1) is 27.3. The molecule has 1 unspecified atom stereocenters. The van der Waals surface area contributed by atoms with Crippen LogP contribution in [0.4, 0.5) is 0 Å². The quantitative estimate of drug-likeness (QED) is 0.264. The number of aromatic carboxylic acids is 1. The lowest BCUT2D eigenvalue weighted by molar-refractivity contribution is -0.117. The van der Waals surface area contributed by atoms with Crippen LogP contribution in [0.2, 0.25) is 0 Å². The number of hydrogen-bond acceptors (Lipinski definition) is 5. The second-order valence-corrected chi connectivity index (χ2v) is 9.56. The van der Waals surface area contributed by atoms with E-state index in [-0.39, 0.29) is 17.0 Å². The van der Waals surface area contributed by atoms with E-state index < -0.39 is 12.0 Å². The van der Waals surface area contributed by atoms with Crippen molar-refractivity contribution >= 4 is 24.0 Å². The Morgan fingerprint density at radius 1 is 1.05 bits per heavy atom. The van der Waals surface area contributed by atoms with E-state index in [0.29, 0.717) is 51.3 Å². The average Bonchev–Trinajstić information content (AvgIpc) is 3.56. The second-order valence-electron chi connectivity index (χ2n) is 9.56. The van der Waals surface area contributed by atoms with E-state index in [2.05, 4.69) is 15.3 Å². The van der Waals surface area contributed by atoms with Gasteiger partial charge >= 0.3 is 5.97 Å². The highest BCUT2D eigenvalue weighted by Crippen LogP contribution is 2.37. The van der Waals surface area contributed by atoms with E-state index >= 15 is 0 Å². The highest BCUT2D eigenvalue weighted by molar-refractivity contribution is 5.97. The predicted molar refractivity (Wildman–Crippen MR) is 155 cm³/mol. The number of amides is 1. The lowest BCUT2D eigenvalue weighted by atomic mass is 9.91. The van der Waals surface area contributed by atoms with Gasteiger partial charge in [-0.05, 0) is 79.6 Å². The second kappa shape index (κ2) is 11.1. The number of fused-ring (bicyclic) bond motifs is 1. The smallest absolute Gasteiger partial charge is 0.335 e. The number of benzene rings is 2. The number of hydrogen-bond donors (Lipinski definition) is 4. The number of methoxy groups -OCH3 is 2. The lowest BCUT2D eigenvalue weighted by Crippen LogP contribution is -2.41. The summed E-state index contributed by atoms with van der Waals surface area (Å²) in [5, 5.41) is 12.4. The summed E-state index contributed by atoms with van der Waals surface area (Å²) in [5.74, 6) is -0.186. The van der Waals surface area contributed by atoms with E-state index in [4.69, 9.17) is 14.6 Å². The number of carbonyl (C=O) groups excluding carboxylic acids is 1. The van der Waals surface area contributed by atoms with Crippen LogP contribution in [0.25, 0.3) is 23.4 Å². The molecule has 2 aromatic heterocycles. The molecule has 4 N–H and O–H groups in total. The summed E-state index contributed by atoms with van der Waals surface area (Å²) in [7, 11) is 3.10. The van der Waals surface area contributed by atoms with Crippen molar-refractivity contribution in [1.82, 2.24) is 19.9 Å². The average molecular weight is 555 g/mol. The summed E-state index contributed by atoms with van der Waals surface area (Å²) < 4.78 is 12.7. The van der Waals surface area contributed by atoms with Crippen molar-refractivity contribution in [2.24, 2.45) is 0 Å². The van der Waals surface area contributed by atoms with Gasteiger partial charge in [0.2, 0.25) is 5.91 Å². The van der Waals surface area contributed by atoms with Gasteiger partial charge in [-0.1, -0.05) is 12.1 Å². The zero-order chi connectivity index (χ0) is 29.3. The molecule has 0 saturated heterocycles. The number of likely N-dealkylation sites (N-methyl/N-ethyl adjacent to an activating group) is 1. The number of aromatic nitrogens is 3. The van der Waals surface area contributed by atoms with Crippen LogP contribution < -0.4 is 31.2 Å². The Hall–Kier alpha value is -5.25. The summed E-state index contributed by atoms with van der Waals surface area (Å²) in [6.07, 6.45) is 3.49. The molecular formula is C31H30N4O6. The fourth-order valence-electron chi connectivity index (χ4n) is 5.10. The minimum Gasteiger partial charge on any atom is -0.497 e. The Morgan fingerprint density at radius 2 is 1.80 bits per heavy atom. The summed E-state index contributed by atoms with van der Waals surface area (Å²) in [6, 6.07) is 14.7. The van der Waals surface area contributed by atoms with E-state index in [1.807, 2.05) is 26.0 Å². The van der Waals surface area contributed by atoms with Crippen molar-refractivity contribution in [2.75, 3.05) is 20.8 Å². The minimum atomic E-state index is -0.991. The van der Waals surface area contributed by atoms with E-state index in [1.165, 1.54) is 12.1 Å². The number of carboxylic acids is 1. The zero-order valence-corrected chi connectivity index (χ0v) is 23.1. The van der Waals surface area contributed by atoms with Crippen molar-refractivity contribution in [3.8, 4) is 22.8 Å². The molecule has 0 aliphatic carbocycles. The third-order valence-corrected chi connectivity index (χ3v) is 7.05. The van der Waals surface area contributed by atoms with E-state index in [1.54, 1.807) is 61.3 Å². The van der Waals surface area contributed by atoms with Gasteiger partial charge in [-0.15, -0.1) is 0 Å². The van der Waals surface area contributed by atoms with Gasteiger partial charge in [0, 0.05) is 29.1 Å². The van der Waals surface area contributed by atoms with Gasteiger partial charge in [-0.2, -0.15) is 0 Å². The molecule has 210 valence electrons. The Morgan fingerprint density at radius 3 is 2.46 bits per heavy atom. The van der Waals surface area contributed by atoms with Gasteiger partial charge in [-0.3, -0.25) is 14.2 Å². The number of aromatic amines is 2. The molecule has 0 radical (unpaired) electrons. The highest BCUT2D eigenvalue weighted by atomic mass is 16.5. The van der Waals surface area contributed by atoms with Crippen LogP contribution in [0.3, 0.4) is 0 Å². The molecule has 0 saturated carbocycles. The number of rotatable bonds is 8. The predicted octanol–water partition coefficient (Wildman–Crippen LogP) is 2.55. The fourth-order valence-corrected chi connectivity index (χ4v) is 5.10. The fraction of sp³-hybridized carbons (Fsp3) is 0.194. The molecule has 3 heterocycles. The number of nitrogens with one attached hydrogen (secondary N) is 3. The normalized spacial score (nSPS) is 14.8. The molecule has 0 bridgehead atoms. The monoisotopic (exact) mass is 554 g/mol. The summed E-state index contributed by atoms with van der Waals surface area (Å²) in [5.41, 5.74) is 4.43. The molecule has 1 amide bonds. The largest absolute Gasteiger partial charge is 0.497 e. The number of nitrogens with zero attached hydrogens (tertiary/aromatic N) is 1. The highest BCUT2D eigenvalue weighted by Gasteiger charge is 2.33. The molecule has 1 aliphatic heterocycles. The van der Waals surface area contributed by atoms with Crippen LogP contribution in [-0.2, 0) is 4.79 Å². The van der Waals surface area contributed by atoms with Crippen molar-refractivity contribution < 1.29 is 24.2 Å². The number of H-pyrrole nitrogens is 2. The molecule has 5 rings (SSSR count). The molecular weight excluding hydrogens is 524 g/mol. The van der Waals surface area contributed by atoms with Gasteiger partial charge in [0.05, 0.1) is 25.8 Å². The number of ether oxygens (including phenoxy) is 2. The van der Waals surface area contributed by atoms with Crippen LogP contribution in [-0.4, -0.2) is 52.3 Å². The van der Waals surface area contributed by atoms with Crippen molar-refractivity contribution in [1.29, 1.82) is 0 Å². The van der Waals surface area contributed by atoms with Crippen LogP contribution in [0, 0.1) is 0 Å². The SMILES string of the molecule is CCNC(=O)C1=C(C)C=c2[nH]c(=Cc3ccc(-c4ccc(C(=O)O)cc4)[nH]3)c(=O)n2C1c1cc(OC)ccc1OC. The first-order valence-corrected chi connectivity index (χ1v) is 13.0. The van der Waals surface area contributed by atoms with Crippen LogP contribution in [0.1, 0.15) is 41.5 Å². The number of carboxylic acid groups (broad SMARTS) is 1. The Balaban J connectivity index is 1.64. The molecule has 10 heteroatoms.